The van der Waals surface area contributed by atoms with Gasteiger partial charge in [0.15, 0.2) is 5.78 Å². The van der Waals surface area contributed by atoms with Crippen LogP contribution in [0.3, 0.4) is 0 Å². The summed E-state index contributed by atoms with van der Waals surface area (Å²) < 4.78 is 30.8. The smallest absolute Gasteiger partial charge is 0.188 e. The van der Waals surface area contributed by atoms with Crippen molar-refractivity contribution in [3.63, 3.8) is 0 Å². The van der Waals surface area contributed by atoms with Gasteiger partial charge < -0.3 is 19.1 Å². The summed E-state index contributed by atoms with van der Waals surface area (Å²) in [6.45, 7) is 1.23. The van der Waals surface area contributed by atoms with Gasteiger partial charge in [0.2, 0.25) is 0 Å². The third-order valence-corrected chi connectivity index (χ3v) is 5.08. The van der Waals surface area contributed by atoms with Gasteiger partial charge in [0.05, 0.1) is 19.8 Å². The molecule has 3 rings (SSSR count). The minimum Gasteiger partial charge on any atom is -0.497 e. The number of hydrogen-bond acceptors (Lipinski definition) is 5. The highest BCUT2D eigenvalue weighted by Crippen LogP contribution is 2.33. The van der Waals surface area contributed by atoms with E-state index in [1.807, 2.05) is 61.5 Å². The Hall–Kier alpha value is -3.64. The number of ether oxygens (including phenoxy) is 3. The lowest BCUT2D eigenvalue weighted by Crippen LogP contribution is -2.19. The zero-order valence-electron chi connectivity index (χ0n) is 19.3. The summed E-state index contributed by atoms with van der Waals surface area (Å²) in [5.74, 6) is 0.653. The highest BCUT2D eigenvalue weighted by Gasteiger charge is 2.12. The Morgan fingerprint density at radius 1 is 0.970 bits per heavy atom. The van der Waals surface area contributed by atoms with Crippen LogP contribution < -0.4 is 14.2 Å². The molecule has 0 heterocycles. The maximum absolute atomic E-state index is 14.3. The molecule has 0 fully saturated rings. The summed E-state index contributed by atoms with van der Waals surface area (Å²) in [6, 6.07) is 17.6. The minimum atomic E-state index is -0.630. The number of methoxy groups -OCH3 is 2. The summed E-state index contributed by atoms with van der Waals surface area (Å²) in [6.07, 6.45) is 3.00. The lowest BCUT2D eigenvalue weighted by Gasteiger charge is -2.15. The molecule has 0 aromatic heterocycles. The van der Waals surface area contributed by atoms with Crippen LogP contribution in [0.15, 0.2) is 66.7 Å². The molecule has 0 unspecified atom stereocenters. The molecule has 0 atom stereocenters. The monoisotopic (exact) mass is 449 g/mol. The first-order valence-electron chi connectivity index (χ1n) is 10.5. The number of ketones is 1. The summed E-state index contributed by atoms with van der Waals surface area (Å²) in [5.41, 5.74) is 2.51. The molecule has 0 aliphatic heterocycles. The molecule has 3 aromatic carbocycles. The molecule has 33 heavy (non-hydrogen) atoms. The van der Waals surface area contributed by atoms with Crippen molar-refractivity contribution < 1.29 is 23.4 Å². The van der Waals surface area contributed by atoms with Gasteiger partial charge in [0, 0.05) is 23.7 Å². The quantitative estimate of drug-likeness (QED) is 0.309. The molecule has 0 N–H and O–H groups in total. The van der Waals surface area contributed by atoms with Gasteiger partial charge in [-0.25, -0.2) is 4.39 Å². The lowest BCUT2D eigenvalue weighted by atomic mass is 10.0. The van der Waals surface area contributed by atoms with Crippen LogP contribution in [0.4, 0.5) is 4.39 Å². The fourth-order valence-corrected chi connectivity index (χ4v) is 3.28. The number of rotatable bonds is 10. The third kappa shape index (κ3) is 6.20. The van der Waals surface area contributed by atoms with Crippen molar-refractivity contribution >= 4 is 11.9 Å². The van der Waals surface area contributed by atoms with Crippen LogP contribution in [0.1, 0.15) is 15.9 Å². The van der Waals surface area contributed by atoms with E-state index in [-0.39, 0.29) is 5.56 Å². The minimum absolute atomic E-state index is 0.0250. The largest absolute Gasteiger partial charge is 0.497 e. The molecule has 6 heteroatoms. The number of hydrogen-bond donors (Lipinski definition) is 0. The molecule has 3 aromatic rings. The lowest BCUT2D eigenvalue weighted by molar-refractivity contribution is 0.104. The van der Waals surface area contributed by atoms with Crippen LogP contribution in [-0.2, 0) is 0 Å². The highest BCUT2D eigenvalue weighted by molar-refractivity contribution is 6.07. The highest BCUT2D eigenvalue weighted by atomic mass is 19.1. The Morgan fingerprint density at radius 3 is 2.45 bits per heavy atom. The molecule has 0 amide bonds. The van der Waals surface area contributed by atoms with Crippen LogP contribution in [0, 0.1) is 5.82 Å². The molecule has 0 saturated carbocycles. The van der Waals surface area contributed by atoms with E-state index in [9.17, 15) is 9.18 Å². The molecule has 0 bridgehead atoms. The van der Waals surface area contributed by atoms with E-state index in [1.54, 1.807) is 19.3 Å². The van der Waals surface area contributed by atoms with Crippen LogP contribution in [0.2, 0.25) is 0 Å². The summed E-state index contributed by atoms with van der Waals surface area (Å²) >= 11 is 0. The average molecular weight is 450 g/mol. The Labute approximate surface area is 194 Å². The average Bonchev–Trinajstić information content (AvgIpc) is 2.82. The molecule has 172 valence electrons. The molecule has 5 nitrogen and oxygen atoms in total. The first-order chi connectivity index (χ1) is 15.9. The van der Waals surface area contributed by atoms with E-state index in [2.05, 4.69) is 0 Å². The third-order valence-electron chi connectivity index (χ3n) is 5.08. The van der Waals surface area contributed by atoms with E-state index >= 15 is 0 Å². The number of likely N-dealkylation sites (N-methyl/N-ethyl adjacent to an activating group) is 1. The number of benzene rings is 3. The second-order valence-electron chi connectivity index (χ2n) is 7.65. The number of halogens is 1. The van der Waals surface area contributed by atoms with Crippen molar-refractivity contribution in [1.29, 1.82) is 0 Å². The zero-order chi connectivity index (χ0) is 23.8. The van der Waals surface area contributed by atoms with Crippen molar-refractivity contribution in [2.75, 3.05) is 41.5 Å². The molecular formula is C27H28FNO4. The van der Waals surface area contributed by atoms with Crippen LogP contribution in [0.25, 0.3) is 17.2 Å². The zero-order valence-corrected chi connectivity index (χ0v) is 19.3. The normalized spacial score (nSPS) is 11.1. The van der Waals surface area contributed by atoms with E-state index in [4.69, 9.17) is 14.2 Å². The van der Waals surface area contributed by atoms with Crippen LogP contribution >= 0.6 is 0 Å². The summed E-state index contributed by atoms with van der Waals surface area (Å²) in [5, 5.41) is 0. The van der Waals surface area contributed by atoms with E-state index in [0.717, 1.165) is 23.4 Å². The van der Waals surface area contributed by atoms with Gasteiger partial charge in [-0.3, -0.25) is 4.79 Å². The number of nitrogens with zero attached hydrogens (tertiary/aromatic N) is 1. The second kappa shape index (κ2) is 11.3. The molecule has 0 radical (unpaired) electrons. The van der Waals surface area contributed by atoms with Crippen molar-refractivity contribution in [3.8, 4) is 28.4 Å². The Balaban J connectivity index is 1.94. The maximum atomic E-state index is 14.3. The van der Waals surface area contributed by atoms with Gasteiger partial charge in [-0.2, -0.15) is 0 Å². The predicted octanol–water partition coefficient (Wildman–Crippen LogP) is 5.35. The Kier molecular flexibility index (Phi) is 8.22. The summed E-state index contributed by atoms with van der Waals surface area (Å²) in [7, 11) is 7.01. The molecule has 0 aliphatic rings. The standard InChI is InChI=1S/C27H28FNO4/c1-29(2)15-16-33-26-14-10-19(22-7-5-6-8-27(22)32-4)17-20(26)9-13-25(30)23-12-11-21(31-3)18-24(23)28/h5-14,17-18H,15-16H2,1-4H3. The first kappa shape index (κ1) is 24.0. The maximum Gasteiger partial charge on any atom is 0.188 e. The van der Waals surface area contributed by atoms with Gasteiger partial charge >= 0.3 is 0 Å². The number of allylic oxidation sites excluding steroid dienone is 1. The van der Waals surface area contributed by atoms with Crippen molar-refractivity contribution in [2.24, 2.45) is 0 Å². The molecule has 0 saturated heterocycles. The van der Waals surface area contributed by atoms with Crippen LogP contribution in [-0.4, -0.2) is 52.1 Å². The molecular weight excluding hydrogens is 421 g/mol. The fourth-order valence-electron chi connectivity index (χ4n) is 3.28. The first-order valence-corrected chi connectivity index (χ1v) is 10.5. The Morgan fingerprint density at radius 2 is 1.76 bits per heavy atom. The number of para-hydroxylation sites is 1. The topological polar surface area (TPSA) is 48.0 Å². The SMILES string of the molecule is COc1ccc(C(=O)C=Cc2cc(-c3ccccc3OC)ccc2OCCN(C)C)c(F)c1. The van der Waals surface area contributed by atoms with Gasteiger partial charge in [-0.15, -0.1) is 0 Å². The van der Waals surface area contributed by atoms with Gasteiger partial charge in [-0.1, -0.05) is 24.3 Å². The van der Waals surface area contributed by atoms with E-state index in [1.165, 1.54) is 25.3 Å². The van der Waals surface area contributed by atoms with Crippen LogP contribution in [0.5, 0.6) is 17.2 Å². The predicted molar refractivity (Wildman–Crippen MR) is 129 cm³/mol. The molecule has 0 aliphatic carbocycles. The summed E-state index contributed by atoms with van der Waals surface area (Å²) in [4.78, 5) is 14.7. The fraction of sp³-hybridized carbons (Fsp3) is 0.222. The second-order valence-corrected chi connectivity index (χ2v) is 7.65. The Bertz CT molecular complexity index is 1140. The van der Waals surface area contributed by atoms with Gasteiger partial charge in [-0.05, 0) is 62.1 Å². The number of carbonyl (C=O) groups excluding carboxylic acids is 1. The van der Waals surface area contributed by atoms with Gasteiger partial charge in [0.1, 0.15) is 29.7 Å². The van der Waals surface area contributed by atoms with E-state index in [0.29, 0.717) is 23.7 Å². The van der Waals surface area contributed by atoms with E-state index < -0.39 is 11.6 Å². The number of carbonyl (C=O) groups is 1. The van der Waals surface area contributed by atoms with Crippen molar-refractivity contribution in [3.05, 3.63) is 83.7 Å². The van der Waals surface area contributed by atoms with Gasteiger partial charge in [0.25, 0.3) is 0 Å². The van der Waals surface area contributed by atoms with Crippen molar-refractivity contribution in [2.45, 2.75) is 0 Å². The van der Waals surface area contributed by atoms with Crippen molar-refractivity contribution in [1.82, 2.24) is 4.90 Å². The molecule has 0 spiro atoms.